The first-order valence-corrected chi connectivity index (χ1v) is 4.62. The van der Waals surface area contributed by atoms with Crippen LogP contribution in [0.15, 0.2) is 24.3 Å². The minimum absolute atomic E-state index is 0.0814. The Morgan fingerprint density at radius 1 is 1.47 bits per heavy atom. The summed E-state index contributed by atoms with van der Waals surface area (Å²) in [7, 11) is 0. The molecule has 78 valence electrons. The van der Waals surface area contributed by atoms with Gasteiger partial charge in [-0.05, 0) is 6.07 Å². The monoisotopic (exact) mass is 206 g/mol. The van der Waals surface area contributed by atoms with Crippen LogP contribution in [0.2, 0.25) is 0 Å². The summed E-state index contributed by atoms with van der Waals surface area (Å²) in [5.41, 5.74) is 1.33. The van der Waals surface area contributed by atoms with E-state index in [-0.39, 0.29) is 18.5 Å². The summed E-state index contributed by atoms with van der Waals surface area (Å²) in [5.74, 6) is -0.738. The van der Waals surface area contributed by atoms with Gasteiger partial charge in [0, 0.05) is 12.5 Å². The van der Waals surface area contributed by atoms with Crippen molar-refractivity contribution in [3.8, 4) is 0 Å². The molecule has 4 nitrogen and oxygen atoms in total. The molecule has 0 aromatic heterocycles. The molecule has 0 spiro atoms. The molecule has 0 bridgehead atoms. The van der Waals surface area contributed by atoms with E-state index in [9.17, 15) is 9.59 Å². The van der Waals surface area contributed by atoms with Gasteiger partial charge in [0.2, 0.25) is 0 Å². The summed E-state index contributed by atoms with van der Waals surface area (Å²) in [6.45, 7) is 1.40. The lowest BCUT2D eigenvalue weighted by molar-refractivity contribution is -0.143. The van der Waals surface area contributed by atoms with Crippen LogP contribution in [0.4, 0.5) is 0 Å². The maximum Gasteiger partial charge on any atom is 0.339 e. The summed E-state index contributed by atoms with van der Waals surface area (Å²) in [6, 6.07) is 7.09. The van der Waals surface area contributed by atoms with Gasteiger partial charge in [-0.3, -0.25) is 4.79 Å². The Morgan fingerprint density at radius 2 is 2.20 bits per heavy atom. The number of carbonyl (C=O) groups is 2. The van der Waals surface area contributed by atoms with Gasteiger partial charge in [0.15, 0.2) is 6.10 Å². The second kappa shape index (κ2) is 3.73. The molecule has 15 heavy (non-hydrogen) atoms. The molecule has 1 unspecified atom stereocenters. The van der Waals surface area contributed by atoms with E-state index in [2.05, 4.69) is 0 Å². The number of fused-ring (bicyclic) bond motifs is 1. The topological polar surface area (TPSA) is 52.6 Å². The van der Waals surface area contributed by atoms with Crippen LogP contribution < -0.4 is 0 Å². The highest BCUT2D eigenvalue weighted by Gasteiger charge is 2.30. The lowest BCUT2D eigenvalue weighted by atomic mass is 10.1. The number of benzene rings is 1. The summed E-state index contributed by atoms with van der Waals surface area (Å²) in [5, 5.41) is 0. The van der Waals surface area contributed by atoms with E-state index in [0.717, 1.165) is 5.56 Å². The Labute approximate surface area is 86.8 Å². The first-order valence-electron chi connectivity index (χ1n) is 4.62. The first kappa shape index (κ1) is 9.71. The molecule has 1 atom stereocenters. The fourth-order valence-electron chi connectivity index (χ4n) is 1.54. The normalized spacial score (nSPS) is 18.2. The van der Waals surface area contributed by atoms with Crippen LogP contribution in [0.1, 0.15) is 28.9 Å². The van der Waals surface area contributed by atoms with E-state index >= 15 is 0 Å². The van der Waals surface area contributed by atoms with E-state index in [4.69, 9.17) is 9.47 Å². The molecule has 1 aromatic rings. The Hall–Kier alpha value is -1.84. The minimum Gasteiger partial charge on any atom is -0.462 e. The summed E-state index contributed by atoms with van der Waals surface area (Å²) in [6.07, 6.45) is -0.461. The fraction of sp³-hybridized carbons (Fsp3) is 0.273. The predicted molar refractivity (Wildman–Crippen MR) is 51.2 cm³/mol. The third-order valence-corrected chi connectivity index (χ3v) is 2.21. The van der Waals surface area contributed by atoms with Gasteiger partial charge in [0.05, 0.1) is 5.56 Å². The standard InChI is InChI=1S/C11H10O4/c1-7(12)14-6-10-8-4-2-3-5-9(8)11(13)15-10/h2-5,10H,6H2,1H3. The Balaban J connectivity index is 2.17. The highest BCUT2D eigenvalue weighted by Crippen LogP contribution is 2.30. The molecule has 0 amide bonds. The second-order valence-corrected chi connectivity index (χ2v) is 3.28. The van der Waals surface area contributed by atoms with Gasteiger partial charge in [-0.2, -0.15) is 0 Å². The number of esters is 2. The second-order valence-electron chi connectivity index (χ2n) is 3.28. The quantitative estimate of drug-likeness (QED) is 0.687. The SMILES string of the molecule is CC(=O)OCC1OC(=O)c2ccccc21. The number of rotatable bonds is 2. The zero-order valence-electron chi connectivity index (χ0n) is 8.23. The van der Waals surface area contributed by atoms with Gasteiger partial charge in [-0.15, -0.1) is 0 Å². The first-order chi connectivity index (χ1) is 7.18. The van der Waals surface area contributed by atoms with Gasteiger partial charge >= 0.3 is 11.9 Å². The van der Waals surface area contributed by atoms with Crippen molar-refractivity contribution in [2.75, 3.05) is 6.61 Å². The largest absolute Gasteiger partial charge is 0.462 e. The molecular weight excluding hydrogens is 196 g/mol. The molecule has 1 aliphatic heterocycles. The zero-order valence-corrected chi connectivity index (χ0v) is 8.23. The van der Waals surface area contributed by atoms with Crippen molar-refractivity contribution < 1.29 is 19.1 Å². The van der Waals surface area contributed by atoms with Crippen molar-refractivity contribution >= 4 is 11.9 Å². The lowest BCUT2D eigenvalue weighted by Crippen LogP contribution is -2.10. The third kappa shape index (κ3) is 1.83. The summed E-state index contributed by atoms with van der Waals surface area (Å²) < 4.78 is 9.88. The molecular formula is C11H10O4. The number of ether oxygens (including phenoxy) is 2. The number of hydrogen-bond acceptors (Lipinski definition) is 4. The van der Waals surface area contributed by atoms with Crippen LogP contribution in [0, 0.1) is 0 Å². The van der Waals surface area contributed by atoms with Crippen LogP contribution in [0.3, 0.4) is 0 Å². The summed E-state index contributed by atoms with van der Waals surface area (Å²) in [4.78, 5) is 22.0. The maximum absolute atomic E-state index is 11.4. The van der Waals surface area contributed by atoms with Crippen LogP contribution in [-0.2, 0) is 14.3 Å². The number of carbonyl (C=O) groups excluding carboxylic acids is 2. The Kier molecular flexibility index (Phi) is 2.41. The van der Waals surface area contributed by atoms with Crippen LogP contribution in [0.5, 0.6) is 0 Å². The molecule has 1 aromatic carbocycles. The van der Waals surface area contributed by atoms with Crippen molar-refractivity contribution in [1.82, 2.24) is 0 Å². The smallest absolute Gasteiger partial charge is 0.339 e. The molecule has 0 saturated heterocycles. The zero-order chi connectivity index (χ0) is 10.8. The molecule has 4 heteroatoms. The van der Waals surface area contributed by atoms with Crippen molar-refractivity contribution in [2.24, 2.45) is 0 Å². The van der Waals surface area contributed by atoms with Crippen molar-refractivity contribution in [1.29, 1.82) is 0 Å². The fourth-order valence-corrected chi connectivity index (χ4v) is 1.54. The van der Waals surface area contributed by atoms with E-state index < -0.39 is 6.10 Å². The average molecular weight is 206 g/mol. The minimum atomic E-state index is -0.461. The average Bonchev–Trinajstić information content (AvgIpc) is 2.54. The van der Waals surface area contributed by atoms with Gasteiger partial charge in [0.25, 0.3) is 0 Å². The number of hydrogen-bond donors (Lipinski definition) is 0. The Morgan fingerprint density at radius 3 is 2.93 bits per heavy atom. The van der Waals surface area contributed by atoms with Gasteiger partial charge < -0.3 is 9.47 Å². The molecule has 0 N–H and O–H groups in total. The van der Waals surface area contributed by atoms with E-state index in [0.29, 0.717) is 5.56 Å². The van der Waals surface area contributed by atoms with Gasteiger partial charge in [-0.25, -0.2) is 4.79 Å². The number of cyclic esters (lactones) is 1. The highest BCUT2D eigenvalue weighted by atomic mass is 16.6. The van der Waals surface area contributed by atoms with E-state index in [1.165, 1.54) is 6.92 Å². The van der Waals surface area contributed by atoms with Crippen molar-refractivity contribution in [3.63, 3.8) is 0 Å². The van der Waals surface area contributed by atoms with Crippen molar-refractivity contribution in [3.05, 3.63) is 35.4 Å². The van der Waals surface area contributed by atoms with Crippen LogP contribution >= 0.6 is 0 Å². The summed E-state index contributed by atoms with van der Waals surface area (Å²) >= 11 is 0. The molecule has 0 fully saturated rings. The lowest BCUT2D eigenvalue weighted by Gasteiger charge is -2.09. The molecule has 0 aliphatic carbocycles. The van der Waals surface area contributed by atoms with Gasteiger partial charge in [-0.1, -0.05) is 18.2 Å². The van der Waals surface area contributed by atoms with Crippen LogP contribution in [-0.4, -0.2) is 18.5 Å². The molecule has 1 heterocycles. The molecule has 0 radical (unpaired) electrons. The third-order valence-electron chi connectivity index (χ3n) is 2.21. The molecule has 2 rings (SSSR count). The van der Waals surface area contributed by atoms with E-state index in [1.54, 1.807) is 18.2 Å². The molecule has 0 saturated carbocycles. The van der Waals surface area contributed by atoms with E-state index in [1.807, 2.05) is 6.07 Å². The molecule has 1 aliphatic rings. The Bertz CT molecular complexity index is 411. The van der Waals surface area contributed by atoms with Crippen molar-refractivity contribution in [2.45, 2.75) is 13.0 Å². The highest BCUT2D eigenvalue weighted by molar-refractivity contribution is 5.94. The van der Waals surface area contributed by atoms with Gasteiger partial charge in [0.1, 0.15) is 6.61 Å². The maximum atomic E-state index is 11.4. The predicted octanol–water partition coefficient (Wildman–Crippen LogP) is 1.46. The van der Waals surface area contributed by atoms with Crippen LogP contribution in [0.25, 0.3) is 0 Å².